The first-order chi connectivity index (χ1) is 6.50. The van der Waals surface area contributed by atoms with Crippen LogP contribution < -0.4 is 0 Å². The maximum absolute atomic E-state index is 5.63. The fourth-order valence-corrected chi connectivity index (χ4v) is 2.64. The van der Waals surface area contributed by atoms with E-state index in [1.165, 1.54) is 12.8 Å². The Hall–Kier alpha value is 0.240. The van der Waals surface area contributed by atoms with Crippen LogP contribution in [0.4, 0.5) is 0 Å². The van der Waals surface area contributed by atoms with Crippen LogP contribution in [0.3, 0.4) is 0 Å². The lowest BCUT2D eigenvalue weighted by Gasteiger charge is -2.36. The second kappa shape index (κ2) is 5.36. The first kappa shape index (κ1) is 12.3. The van der Waals surface area contributed by atoms with E-state index in [0.717, 1.165) is 12.3 Å². The van der Waals surface area contributed by atoms with Gasteiger partial charge in [0.1, 0.15) is 6.10 Å². The van der Waals surface area contributed by atoms with E-state index in [1.54, 1.807) is 0 Å². The second-order valence-corrected chi connectivity index (χ2v) is 5.83. The highest BCUT2D eigenvalue weighted by molar-refractivity contribution is 8.10. The summed E-state index contributed by atoms with van der Waals surface area (Å²) in [5.74, 6) is 2.09. The third-order valence-electron chi connectivity index (χ3n) is 3.21. The van der Waals surface area contributed by atoms with Crippen molar-refractivity contribution in [3.05, 3.63) is 0 Å². The third kappa shape index (κ3) is 3.43. The van der Waals surface area contributed by atoms with E-state index in [4.69, 9.17) is 17.0 Å². The quantitative estimate of drug-likeness (QED) is 0.574. The van der Waals surface area contributed by atoms with Crippen LogP contribution in [0.5, 0.6) is 0 Å². The van der Waals surface area contributed by atoms with Gasteiger partial charge in [-0.15, -0.1) is 0 Å². The number of ether oxygens (including phenoxy) is 1. The zero-order valence-electron chi connectivity index (χ0n) is 9.19. The van der Waals surface area contributed by atoms with E-state index in [2.05, 4.69) is 33.4 Å². The van der Waals surface area contributed by atoms with Crippen LogP contribution in [-0.4, -0.2) is 10.5 Å². The molecule has 0 unspecified atom stereocenters. The number of thiol groups is 1. The van der Waals surface area contributed by atoms with Gasteiger partial charge in [0.2, 0.25) is 4.38 Å². The van der Waals surface area contributed by atoms with E-state index < -0.39 is 0 Å². The maximum atomic E-state index is 5.63. The highest BCUT2D eigenvalue weighted by Crippen LogP contribution is 2.35. The lowest BCUT2D eigenvalue weighted by Crippen LogP contribution is -2.34. The molecule has 0 aliphatic heterocycles. The Kier molecular flexibility index (Phi) is 4.71. The average Bonchev–Trinajstić information content (AvgIpc) is 2.01. The smallest absolute Gasteiger partial charge is 0.217 e. The molecule has 1 aliphatic rings. The summed E-state index contributed by atoms with van der Waals surface area (Å²) in [6, 6.07) is 0. The van der Waals surface area contributed by atoms with Crippen LogP contribution in [0.1, 0.15) is 40.0 Å². The van der Waals surface area contributed by atoms with Gasteiger partial charge in [0, 0.05) is 0 Å². The van der Waals surface area contributed by atoms with Gasteiger partial charge in [0.15, 0.2) is 0 Å². The van der Waals surface area contributed by atoms with E-state index >= 15 is 0 Å². The van der Waals surface area contributed by atoms with Gasteiger partial charge in [-0.1, -0.05) is 39.8 Å². The van der Waals surface area contributed by atoms with E-state index in [1.807, 2.05) is 0 Å². The molecule has 0 bridgehead atoms. The molecule has 1 saturated carbocycles. The third-order valence-corrected chi connectivity index (χ3v) is 3.42. The maximum Gasteiger partial charge on any atom is 0.217 e. The predicted octanol–water partition coefficient (Wildman–Crippen LogP) is 3.68. The SMILES string of the molecule is CC(C)[C@@H]1CC[C@@H](C)C[C@H]1OC(=S)S. The summed E-state index contributed by atoms with van der Waals surface area (Å²) in [4.78, 5) is 0. The Bertz CT molecular complexity index is 203. The molecule has 3 atom stereocenters. The molecule has 1 fully saturated rings. The zero-order chi connectivity index (χ0) is 10.7. The molecule has 0 N–H and O–H groups in total. The van der Waals surface area contributed by atoms with Crippen LogP contribution in [0, 0.1) is 17.8 Å². The molecule has 1 nitrogen and oxygen atoms in total. The van der Waals surface area contributed by atoms with Gasteiger partial charge in [-0.25, -0.2) is 0 Å². The monoisotopic (exact) mass is 232 g/mol. The summed E-state index contributed by atoms with van der Waals surface area (Å²) in [5, 5.41) is 0. The molecule has 0 heterocycles. The number of hydrogen-bond acceptors (Lipinski definition) is 2. The van der Waals surface area contributed by atoms with Crippen LogP contribution >= 0.6 is 24.8 Å². The largest absolute Gasteiger partial charge is 0.475 e. The highest BCUT2D eigenvalue weighted by Gasteiger charge is 2.32. The predicted molar refractivity (Wildman–Crippen MR) is 67.8 cm³/mol. The van der Waals surface area contributed by atoms with Gasteiger partial charge >= 0.3 is 0 Å². The molecule has 1 rings (SSSR count). The van der Waals surface area contributed by atoms with Gasteiger partial charge in [0.25, 0.3) is 0 Å². The fraction of sp³-hybridized carbons (Fsp3) is 0.909. The zero-order valence-corrected chi connectivity index (χ0v) is 10.9. The summed E-state index contributed by atoms with van der Waals surface area (Å²) >= 11 is 8.95. The van der Waals surface area contributed by atoms with E-state index in [0.29, 0.717) is 22.3 Å². The van der Waals surface area contributed by atoms with Crippen molar-refractivity contribution in [2.75, 3.05) is 0 Å². The van der Waals surface area contributed by atoms with Crippen LogP contribution in [-0.2, 0) is 4.74 Å². The minimum Gasteiger partial charge on any atom is -0.475 e. The van der Waals surface area contributed by atoms with Gasteiger partial charge in [0.05, 0.1) is 0 Å². The number of rotatable bonds is 2. The molecule has 0 saturated heterocycles. The van der Waals surface area contributed by atoms with Crippen LogP contribution in [0.15, 0.2) is 0 Å². The van der Waals surface area contributed by atoms with Crippen molar-refractivity contribution in [3.8, 4) is 0 Å². The fourth-order valence-electron chi connectivity index (χ4n) is 2.38. The minimum absolute atomic E-state index is 0.295. The molecule has 3 heteroatoms. The number of thiocarbonyl (C=S) groups is 1. The molecule has 0 amide bonds. The van der Waals surface area contributed by atoms with Crippen molar-refractivity contribution in [3.63, 3.8) is 0 Å². The molecule has 0 aromatic rings. The minimum atomic E-state index is 0.295. The van der Waals surface area contributed by atoms with Crippen LogP contribution in [0.2, 0.25) is 0 Å². The topological polar surface area (TPSA) is 9.23 Å². The van der Waals surface area contributed by atoms with E-state index in [9.17, 15) is 0 Å². The standard InChI is InChI=1S/C11H20OS2/c1-7(2)9-5-4-8(3)6-10(9)12-11(13)14/h7-10H,4-6H2,1-3H3,(H,13,14)/t8-,9+,10-/m1/s1. The Balaban J connectivity index is 2.58. The molecule has 14 heavy (non-hydrogen) atoms. The summed E-state index contributed by atoms with van der Waals surface area (Å²) in [5.41, 5.74) is 0. The Morgan fingerprint density at radius 2 is 2.07 bits per heavy atom. The van der Waals surface area contributed by atoms with Gasteiger partial charge in [-0.05, 0) is 42.8 Å². The summed E-state index contributed by atoms with van der Waals surface area (Å²) in [6.07, 6.45) is 4.01. The lowest BCUT2D eigenvalue weighted by molar-refractivity contribution is 0.0428. The van der Waals surface area contributed by atoms with Crippen molar-refractivity contribution in [2.24, 2.45) is 17.8 Å². The van der Waals surface area contributed by atoms with Gasteiger partial charge in [-0.3, -0.25) is 0 Å². The summed E-state index contributed by atoms with van der Waals surface area (Å²) in [6.45, 7) is 6.81. The normalized spacial score (nSPS) is 33.1. The first-order valence-electron chi connectivity index (χ1n) is 5.40. The molecule has 0 aromatic heterocycles. The van der Waals surface area contributed by atoms with Crippen molar-refractivity contribution in [2.45, 2.75) is 46.1 Å². The Morgan fingerprint density at radius 3 is 2.57 bits per heavy atom. The van der Waals surface area contributed by atoms with Crippen molar-refractivity contribution in [1.82, 2.24) is 0 Å². The van der Waals surface area contributed by atoms with Gasteiger partial charge < -0.3 is 4.74 Å². The first-order valence-corrected chi connectivity index (χ1v) is 6.25. The molecule has 0 spiro atoms. The molecule has 1 aliphatic carbocycles. The van der Waals surface area contributed by atoms with Crippen molar-refractivity contribution in [1.29, 1.82) is 0 Å². The van der Waals surface area contributed by atoms with E-state index in [-0.39, 0.29) is 0 Å². The molecule has 0 radical (unpaired) electrons. The summed E-state index contributed by atoms with van der Waals surface area (Å²) in [7, 11) is 0. The van der Waals surface area contributed by atoms with Gasteiger partial charge in [-0.2, -0.15) is 0 Å². The van der Waals surface area contributed by atoms with Crippen molar-refractivity contribution < 1.29 is 4.74 Å². The Morgan fingerprint density at radius 1 is 1.43 bits per heavy atom. The van der Waals surface area contributed by atoms with Crippen molar-refractivity contribution >= 4 is 29.2 Å². The number of hydrogen-bond donors (Lipinski definition) is 1. The average molecular weight is 232 g/mol. The second-order valence-electron chi connectivity index (χ2n) is 4.75. The lowest BCUT2D eigenvalue weighted by atomic mass is 9.75. The Labute approximate surface area is 98.0 Å². The highest BCUT2D eigenvalue weighted by atomic mass is 32.1. The van der Waals surface area contributed by atoms with Crippen LogP contribution in [0.25, 0.3) is 0 Å². The molecule has 0 aromatic carbocycles. The molecular formula is C11H20OS2. The molecule has 82 valence electrons. The molecular weight excluding hydrogens is 212 g/mol. The summed E-state index contributed by atoms with van der Waals surface area (Å²) < 4.78 is 6.03.